The maximum atomic E-state index is 12.6. The zero-order chi connectivity index (χ0) is 19.8. The number of anilines is 1. The van der Waals surface area contributed by atoms with Gasteiger partial charge in [-0.15, -0.1) is 0 Å². The molecular formula is C20H18N6O3. The zero-order valence-electron chi connectivity index (χ0n) is 15.5. The molecule has 146 valence electrons. The van der Waals surface area contributed by atoms with Gasteiger partial charge in [-0.1, -0.05) is 18.2 Å². The SMILES string of the molecule is O=C(c1ccoc1)N1CCN(c2nc3c(cnn3-c3ccccc3)c(=O)[nH]2)CC1. The number of amides is 1. The number of furan rings is 1. The molecule has 9 heteroatoms. The number of hydrogen-bond donors (Lipinski definition) is 1. The lowest BCUT2D eigenvalue weighted by molar-refractivity contribution is 0.0745. The summed E-state index contributed by atoms with van der Waals surface area (Å²) in [4.78, 5) is 36.3. The number of carbonyl (C=O) groups is 1. The van der Waals surface area contributed by atoms with E-state index in [2.05, 4.69) is 15.1 Å². The molecular weight excluding hydrogens is 372 g/mol. The summed E-state index contributed by atoms with van der Waals surface area (Å²) >= 11 is 0. The van der Waals surface area contributed by atoms with Crippen molar-refractivity contribution in [2.24, 2.45) is 0 Å². The Bertz CT molecular complexity index is 1200. The van der Waals surface area contributed by atoms with Crippen LogP contribution in [0.2, 0.25) is 0 Å². The van der Waals surface area contributed by atoms with Crippen molar-refractivity contribution in [2.45, 2.75) is 0 Å². The number of aromatic amines is 1. The lowest BCUT2D eigenvalue weighted by Gasteiger charge is -2.34. The maximum Gasteiger partial charge on any atom is 0.263 e. The van der Waals surface area contributed by atoms with Crippen LogP contribution in [0, 0.1) is 0 Å². The van der Waals surface area contributed by atoms with Gasteiger partial charge in [-0.25, -0.2) is 4.68 Å². The number of benzene rings is 1. The third-order valence-corrected chi connectivity index (χ3v) is 5.06. The van der Waals surface area contributed by atoms with Gasteiger partial charge < -0.3 is 14.2 Å². The van der Waals surface area contributed by atoms with Gasteiger partial charge in [0.2, 0.25) is 5.95 Å². The quantitative estimate of drug-likeness (QED) is 0.571. The molecule has 1 N–H and O–H groups in total. The molecule has 0 radical (unpaired) electrons. The van der Waals surface area contributed by atoms with E-state index in [0.29, 0.717) is 48.7 Å². The number of nitrogens with one attached hydrogen (secondary N) is 1. The van der Waals surface area contributed by atoms with E-state index >= 15 is 0 Å². The van der Waals surface area contributed by atoms with E-state index in [9.17, 15) is 9.59 Å². The van der Waals surface area contributed by atoms with Gasteiger partial charge >= 0.3 is 0 Å². The van der Waals surface area contributed by atoms with Crippen molar-refractivity contribution >= 4 is 22.9 Å². The van der Waals surface area contributed by atoms with Gasteiger partial charge in [0.25, 0.3) is 11.5 Å². The fourth-order valence-electron chi connectivity index (χ4n) is 3.50. The van der Waals surface area contributed by atoms with Crippen molar-refractivity contribution in [3.63, 3.8) is 0 Å². The first-order chi connectivity index (χ1) is 14.2. The second-order valence-corrected chi connectivity index (χ2v) is 6.81. The number of piperazine rings is 1. The number of fused-ring (bicyclic) bond motifs is 1. The monoisotopic (exact) mass is 390 g/mol. The summed E-state index contributed by atoms with van der Waals surface area (Å²) in [5.41, 5.74) is 1.65. The molecule has 1 saturated heterocycles. The first kappa shape index (κ1) is 17.2. The molecule has 0 unspecified atom stereocenters. The Hall–Kier alpha value is -3.88. The van der Waals surface area contributed by atoms with Crippen LogP contribution in [0.1, 0.15) is 10.4 Å². The summed E-state index contributed by atoms with van der Waals surface area (Å²) in [7, 11) is 0. The van der Waals surface area contributed by atoms with Crippen molar-refractivity contribution in [1.82, 2.24) is 24.6 Å². The Morgan fingerprint density at radius 1 is 1.07 bits per heavy atom. The first-order valence-electron chi connectivity index (χ1n) is 9.30. The van der Waals surface area contributed by atoms with Crippen molar-refractivity contribution < 1.29 is 9.21 Å². The van der Waals surface area contributed by atoms with E-state index in [1.165, 1.54) is 18.7 Å². The molecule has 0 saturated carbocycles. The lowest BCUT2D eigenvalue weighted by Crippen LogP contribution is -2.49. The summed E-state index contributed by atoms with van der Waals surface area (Å²) < 4.78 is 6.65. The topological polar surface area (TPSA) is 100 Å². The summed E-state index contributed by atoms with van der Waals surface area (Å²) in [6, 6.07) is 11.2. The van der Waals surface area contributed by atoms with Crippen LogP contribution < -0.4 is 10.5 Å². The Labute approximate surface area is 165 Å². The Kier molecular flexibility index (Phi) is 4.12. The van der Waals surface area contributed by atoms with Crippen LogP contribution in [0.5, 0.6) is 0 Å². The minimum atomic E-state index is -0.232. The van der Waals surface area contributed by atoms with E-state index < -0.39 is 0 Å². The molecule has 4 aromatic rings. The van der Waals surface area contributed by atoms with Gasteiger partial charge in [0.15, 0.2) is 5.65 Å². The predicted octanol–water partition coefficient (Wildman–Crippen LogP) is 1.66. The number of nitrogens with zero attached hydrogens (tertiary/aromatic N) is 5. The van der Waals surface area contributed by atoms with Crippen molar-refractivity contribution in [3.8, 4) is 5.69 Å². The Balaban J connectivity index is 1.41. The van der Waals surface area contributed by atoms with Gasteiger partial charge in [0, 0.05) is 26.2 Å². The summed E-state index contributed by atoms with van der Waals surface area (Å²) in [6.07, 6.45) is 4.47. The van der Waals surface area contributed by atoms with E-state index in [1.54, 1.807) is 15.6 Å². The molecule has 5 rings (SSSR count). The largest absolute Gasteiger partial charge is 0.472 e. The molecule has 0 spiro atoms. The van der Waals surface area contributed by atoms with Crippen LogP contribution in [0.3, 0.4) is 0 Å². The average Bonchev–Trinajstić information content (AvgIpc) is 3.44. The minimum absolute atomic E-state index is 0.0579. The molecule has 1 aliphatic rings. The number of hydrogen-bond acceptors (Lipinski definition) is 6. The van der Waals surface area contributed by atoms with Crippen molar-refractivity contribution in [2.75, 3.05) is 31.1 Å². The molecule has 29 heavy (non-hydrogen) atoms. The molecule has 0 atom stereocenters. The van der Waals surface area contributed by atoms with Crippen LogP contribution >= 0.6 is 0 Å². The average molecular weight is 390 g/mol. The van der Waals surface area contributed by atoms with Crippen LogP contribution in [0.15, 0.2) is 64.3 Å². The molecule has 1 fully saturated rings. The molecule has 3 aromatic heterocycles. The van der Waals surface area contributed by atoms with Gasteiger partial charge in [-0.2, -0.15) is 10.1 Å². The fraction of sp³-hybridized carbons (Fsp3) is 0.200. The number of carbonyl (C=O) groups excluding carboxylic acids is 1. The highest BCUT2D eigenvalue weighted by atomic mass is 16.3. The van der Waals surface area contributed by atoms with E-state index in [-0.39, 0.29) is 11.5 Å². The third-order valence-electron chi connectivity index (χ3n) is 5.06. The fourth-order valence-corrected chi connectivity index (χ4v) is 3.50. The smallest absolute Gasteiger partial charge is 0.263 e. The van der Waals surface area contributed by atoms with E-state index in [4.69, 9.17) is 4.42 Å². The number of para-hydroxylation sites is 1. The van der Waals surface area contributed by atoms with E-state index in [0.717, 1.165) is 5.69 Å². The van der Waals surface area contributed by atoms with E-state index in [1.807, 2.05) is 35.2 Å². The predicted molar refractivity (Wildman–Crippen MR) is 106 cm³/mol. The van der Waals surface area contributed by atoms with Crippen LogP contribution in [0.25, 0.3) is 16.7 Å². The standard InChI is InChI=1S/C20H18N6O3/c27-18-16-12-21-26(15-4-2-1-3-5-15)17(16)22-20(23-18)25-9-7-24(8-10-25)19(28)14-6-11-29-13-14/h1-6,11-13H,7-10H2,(H,22,23,27). The minimum Gasteiger partial charge on any atom is -0.472 e. The molecule has 0 bridgehead atoms. The lowest BCUT2D eigenvalue weighted by atomic mass is 10.2. The molecule has 4 heterocycles. The Morgan fingerprint density at radius 3 is 2.59 bits per heavy atom. The highest BCUT2D eigenvalue weighted by Crippen LogP contribution is 2.18. The molecule has 0 aliphatic carbocycles. The Morgan fingerprint density at radius 2 is 1.86 bits per heavy atom. The maximum absolute atomic E-state index is 12.6. The van der Waals surface area contributed by atoms with Crippen LogP contribution in [-0.2, 0) is 0 Å². The molecule has 1 aromatic carbocycles. The van der Waals surface area contributed by atoms with Crippen molar-refractivity contribution in [3.05, 3.63) is 71.0 Å². The molecule has 9 nitrogen and oxygen atoms in total. The highest BCUT2D eigenvalue weighted by Gasteiger charge is 2.24. The molecule has 1 aliphatic heterocycles. The summed E-state index contributed by atoms with van der Waals surface area (Å²) in [5, 5.41) is 4.77. The number of rotatable bonds is 3. The normalized spacial score (nSPS) is 14.5. The van der Waals surface area contributed by atoms with Gasteiger partial charge in [0.1, 0.15) is 11.6 Å². The second kappa shape index (κ2) is 6.93. The number of H-pyrrole nitrogens is 1. The van der Waals surface area contributed by atoms with Crippen LogP contribution in [-0.4, -0.2) is 56.7 Å². The summed E-state index contributed by atoms with van der Waals surface area (Å²) in [6.45, 7) is 2.20. The zero-order valence-corrected chi connectivity index (χ0v) is 15.5. The molecule has 1 amide bonds. The van der Waals surface area contributed by atoms with Crippen molar-refractivity contribution in [1.29, 1.82) is 0 Å². The summed E-state index contributed by atoms with van der Waals surface area (Å²) in [5.74, 6) is 0.424. The third kappa shape index (κ3) is 3.06. The van der Waals surface area contributed by atoms with Gasteiger partial charge in [-0.05, 0) is 18.2 Å². The van der Waals surface area contributed by atoms with Gasteiger partial charge in [0.05, 0.1) is 23.7 Å². The highest BCUT2D eigenvalue weighted by molar-refractivity contribution is 5.94. The first-order valence-corrected chi connectivity index (χ1v) is 9.30. The second-order valence-electron chi connectivity index (χ2n) is 6.81. The number of aromatic nitrogens is 4. The van der Waals surface area contributed by atoms with Crippen LogP contribution in [0.4, 0.5) is 5.95 Å². The van der Waals surface area contributed by atoms with Gasteiger partial charge in [-0.3, -0.25) is 14.6 Å².